The third-order valence-corrected chi connectivity index (χ3v) is 8.01. The summed E-state index contributed by atoms with van der Waals surface area (Å²) in [6, 6.07) is 8.68. The number of rotatable bonds is 7. The first-order valence-corrected chi connectivity index (χ1v) is 13.4. The highest BCUT2D eigenvalue weighted by Crippen LogP contribution is 2.40. The van der Waals surface area contributed by atoms with Crippen molar-refractivity contribution in [3.8, 4) is 12.1 Å². The van der Waals surface area contributed by atoms with E-state index in [9.17, 15) is 15.6 Å². The number of piperidine rings is 1. The summed E-state index contributed by atoms with van der Waals surface area (Å²) in [5.41, 5.74) is 2.60. The number of nitrogens with zero attached hydrogens (tertiary/aromatic N) is 8. The number of nitriles is 2. The van der Waals surface area contributed by atoms with Gasteiger partial charge in [-0.25, -0.2) is 4.98 Å². The fourth-order valence-corrected chi connectivity index (χ4v) is 5.99. The maximum absolute atomic E-state index is 9.88. The number of aliphatic hydroxyl groups excluding tert-OH is 1. The highest BCUT2D eigenvalue weighted by atomic mass is 35.5. The third-order valence-electron chi connectivity index (χ3n) is 7.61. The van der Waals surface area contributed by atoms with Crippen LogP contribution in [0.15, 0.2) is 18.3 Å². The van der Waals surface area contributed by atoms with Crippen LogP contribution in [0.1, 0.15) is 43.9 Å². The number of benzene rings is 1. The molecular formula is C26H29ClN10O. The Bertz CT molecular complexity index is 1450. The van der Waals surface area contributed by atoms with Gasteiger partial charge < -0.3 is 20.6 Å². The summed E-state index contributed by atoms with van der Waals surface area (Å²) in [7, 11) is 0. The van der Waals surface area contributed by atoms with E-state index in [-0.39, 0.29) is 12.1 Å². The van der Waals surface area contributed by atoms with Crippen molar-refractivity contribution < 1.29 is 5.11 Å². The normalized spacial score (nSPS) is 22.1. The van der Waals surface area contributed by atoms with Gasteiger partial charge in [0, 0.05) is 31.7 Å². The Labute approximate surface area is 225 Å². The maximum atomic E-state index is 9.88. The molecule has 1 saturated carbocycles. The minimum atomic E-state index is -0.338. The second kappa shape index (κ2) is 9.91. The van der Waals surface area contributed by atoms with Gasteiger partial charge in [-0.1, -0.05) is 11.6 Å². The second-order valence-corrected chi connectivity index (χ2v) is 10.9. The summed E-state index contributed by atoms with van der Waals surface area (Å²) in [5.74, 6) is 1.28. The zero-order chi connectivity index (χ0) is 26.4. The molecule has 3 unspecified atom stereocenters. The minimum absolute atomic E-state index is 0.251. The Balaban J connectivity index is 1.30. The first-order chi connectivity index (χ1) is 18.4. The molecule has 0 radical (unpaired) electrons. The number of halogens is 1. The minimum Gasteiger partial charge on any atom is -0.392 e. The van der Waals surface area contributed by atoms with Crippen LogP contribution in [0.2, 0.25) is 5.02 Å². The molecule has 12 heteroatoms. The molecule has 2 saturated heterocycles. The van der Waals surface area contributed by atoms with Gasteiger partial charge in [0.05, 0.1) is 40.3 Å². The molecule has 38 heavy (non-hydrogen) atoms. The molecule has 3 N–H and O–H groups in total. The Morgan fingerprint density at radius 1 is 1.18 bits per heavy atom. The smallest absolute Gasteiger partial charge is 0.247 e. The maximum Gasteiger partial charge on any atom is 0.247 e. The first kappa shape index (κ1) is 24.7. The lowest BCUT2D eigenvalue weighted by Gasteiger charge is -2.40. The third kappa shape index (κ3) is 4.69. The van der Waals surface area contributed by atoms with Crippen LogP contribution in [-0.2, 0) is 0 Å². The fourth-order valence-electron chi connectivity index (χ4n) is 5.71. The Kier molecular flexibility index (Phi) is 6.44. The van der Waals surface area contributed by atoms with Gasteiger partial charge in [-0.2, -0.15) is 20.0 Å². The largest absolute Gasteiger partial charge is 0.392 e. The average molecular weight is 533 g/mol. The first-order valence-electron chi connectivity index (χ1n) is 13.0. The topological polar surface area (TPSA) is 141 Å². The van der Waals surface area contributed by atoms with E-state index in [0.717, 1.165) is 51.0 Å². The number of imidazole rings is 1. The number of fused-ring (bicyclic) bond motifs is 2. The summed E-state index contributed by atoms with van der Waals surface area (Å²) >= 11 is 6.95. The van der Waals surface area contributed by atoms with Crippen LogP contribution < -0.4 is 15.5 Å². The molecule has 0 bridgehead atoms. The Morgan fingerprint density at radius 3 is 2.76 bits per heavy atom. The molecule has 1 aromatic carbocycles. The van der Waals surface area contributed by atoms with Crippen LogP contribution in [0.5, 0.6) is 0 Å². The lowest BCUT2D eigenvalue weighted by molar-refractivity contribution is 0.106. The van der Waals surface area contributed by atoms with E-state index >= 15 is 0 Å². The second-order valence-electron chi connectivity index (χ2n) is 10.5. The quantitative estimate of drug-likeness (QED) is 0.415. The number of nitrogens with one attached hydrogen (secondary N) is 2. The van der Waals surface area contributed by atoms with Gasteiger partial charge in [-0.05, 0) is 57.2 Å². The standard InChI is InChI=1S/C26H29ClN10O/c1-15(38)13-35-6-4-17-14-36(7-5-21(17)35)22-9-16(10-28)8-20(23(22)27)32-26-33-24(31-18-2-3-18)25-30-12-19(11-29)37(25)34-26/h8-9,12,15,17-18,21,38H,2-7,13-14H2,1H3,(H2,31,32,33,34). The Morgan fingerprint density at radius 2 is 2.03 bits per heavy atom. The zero-order valence-electron chi connectivity index (χ0n) is 21.1. The number of aromatic nitrogens is 4. The molecule has 3 atom stereocenters. The van der Waals surface area contributed by atoms with Crippen LogP contribution in [0.4, 0.5) is 23.1 Å². The molecule has 2 aromatic heterocycles. The van der Waals surface area contributed by atoms with E-state index in [1.165, 1.54) is 10.7 Å². The van der Waals surface area contributed by atoms with Crippen molar-refractivity contribution in [3.05, 3.63) is 34.6 Å². The van der Waals surface area contributed by atoms with E-state index in [1.807, 2.05) is 13.0 Å². The number of likely N-dealkylation sites (tertiary alicyclic amines) is 1. The summed E-state index contributed by atoms with van der Waals surface area (Å²) in [6.07, 6.45) is 5.29. The summed E-state index contributed by atoms with van der Waals surface area (Å²) in [4.78, 5) is 13.6. The fraction of sp³-hybridized carbons (Fsp3) is 0.500. The zero-order valence-corrected chi connectivity index (χ0v) is 21.9. The molecule has 11 nitrogen and oxygen atoms in total. The predicted octanol–water partition coefficient (Wildman–Crippen LogP) is 3.12. The van der Waals surface area contributed by atoms with Gasteiger partial charge in [0.2, 0.25) is 5.95 Å². The summed E-state index contributed by atoms with van der Waals surface area (Å²) in [6.45, 7) is 5.18. The van der Waals surface area contributed by atoms with Crippen LogP contribution in [0.25, 0.3) is 5.65 Å². The van der Waals surface area contributed by atoms with Crippen molar-refractivity contribution in [2.45, 2.75) is 50.8 Å². The lowest BCUT2D eigenvalue weighted by Crippen LogP contribution is -2.47. The van der Waals surface area contributed by atoms with Crippen molar-refractivity contribution >= 4 is 40.4 Å². The number of hydrogen-bond acceptors (Lipinski definition) is 10. The van der Waals surface area contributed by atoms with Crippen molar-refractivity contribution in [2.24, 2.45) is 5.92 Å². The van der Waals surface area contributed by atoms with Crippen molar-refractivity contribution in [1.29, 1.82) is 10.5 Å². The highest BCUT2D eigenvalue weighted by Gasteiger charge is 2.39. The van der Waals surface area contributed by atoms with Crippen LogP contribution in [0, 0.1) is 28.6 Å². The molecule has 3 aromatic rings. The van der Waals surface area contributed by atoms with Crippen molar-refractivity contribution in [2.75, 3.05) is 41.7 Å². The number of aliphatic hydroxyl groups is 1. The molecule has 2 aliphatic heterocycles. The van der Waals surface area contributed by atoms with Gasteiger partial charge in [0.1, 0.15) is 6.07 Å². The number of β-amino-alcohol motifs (C(OH)–C–C–N with tert-alkyl or cyclic N) is 1. The predicted molar refractivity (Wildman–Crippen MR) is 144 cm³/mol. The monoisotopic (exact) mass is 532 g/mol. The van der Waals surface area contributed by atoms with Gasteiger partial charge in [-0.3, -0.25) is 4.90 Å². The lowest BCUT2D eigenvalue weighted by atomic mass is 9.92. The van der Waals surface area contributed by atoms with Crippen molar-refractivity contribution in [3.63, 3.8) is 0 Å². The van der Waals surface area contributed by atoms with E-state index < -0.39 is 0 Å². The van der Waals surface area contributed by atoms with Crippen LogP contribution in [0.3, 0.4) is 0 Å². The molecule has 3 aliphatic rings. The van der Waals surface area contributed by atoms with Crippen LogP contribution in [-0.4, -0.2) is 74.0 Å². The van der Waals surface area contributed by atoms with Crippen LogP contribution >= 0.6 is 11.6 Å². The SMILES string of the molecule is CC(O)CN1CCC2CN(c3cc(C#N)cc(Nc4nc(NC5CC5)c5ncc(C#N)n5n4)c3Cl)CCC21. The molecule has 0 amide bonds. The molecule has 3 fully saturated rings. The van der Waals surface area contributed by atoms with Gasteiger partial charge >= 0.3 is 0 Å². The average Bonchev–Trinajstić information content (AvgIpc) is 3.49. The van der Waals surface area contributed by atoms with E-state index in [1.54, 1.807) is 6.07 Å². The van der Waals surface area contributed by atoms with Gasteiger partial charge in [0.15, 0.2) is 17.2 Å². The molecule has 0 spiro atoms. The van der Waals surface area contributed by atoms with E-state index in [0.29, 0.717) is 58.0 Å². The molecule has 1 aliphatic carbocycles. The molecule has 196 valence electrons. The molecule has 4 heterocycles. The van der Waals surface area contributed by atoms with Crippen molar-refractivity contribution in [1.82, 2.24) is 24.5 Å². The summed E-state index contributed by atoms with van der Waals surface area (Å²) < 4.78 is 1.47. The van der Waals surface area contributed by atoms with Gasteiger partial charge in [0.25, 0.3) is 0 Å². The van der Waals surface area contributed by atoms with E-state index in [4.69, 9.17) is 11.6 Å². The Hall–Kier alpha value is -3.64. The highest BCUT2D eigenvalue weighted by molar-refractivity contribution is 6.36. The number of hydrogen-bond donors (Lipinski definition) is 3. The number of anilines is 4. The molecule has 6 rings (SSSR count). The van der Waals surface area contributed by atoms with E-state index in [2.05, 4.69) is 47.6 Å². The van der Waals surface area contributed by atoms with Gasteiger partial charge in [-0.15, -0.1) is 5.10 Å². The summed E-state index contributed by atoms with van der Waals surface area (Å²) in [5, 5.41) is 40.7. The molecular weight excluding hydrogens is 504 g/mol.